The molecule has 3 heterocycles. The minimum absolute atomic E-state index is 0.0244. The summed E-state index contributed by atoms with van der Waals surface area (Å²) in [5.41, 5.74) is 22.1. The molecule has 8 aromatic rings. The van der Waals surface area contributed by atoms with Crippen LogP contribution < -0.4 is 26.4 Å². The van der Waals surface area contributed by atoms with Crippen LogP contribution in [0.5, 0.6) is 0 Å². The average Bonchev–Trinajstić information content (AvgIpc) is 2.86. The van der Waals surface area contributed by atoms with E-state index in [0.717, 1.165) is 106 Å². The van der Waals surface area contributed by atoms with Crippen LogP contribution in [0, 0.1) is 11.6 Å². The molecule has 0 saturated carbocycles. The fourth-order valence-electron chi connectivity index (χ4n) is 14.8. The summed E-state index contributed by atoms with van der Waals surface area (Å²) in [5.74, 6) is -1.17. The Labute approximate surface area is 463 Å². The normalized spacial score (nSPS) is 19.6. The molecule has 1 aromatic heterocycles. The summed E-state index contributed by atoms with van der Waals surface area (Å²) >= 11 is 0. The van der Waals surface area contributed by atoms with Crippen LogP contribution >= 0.6 is 0 Å². The maximum atomic E-state index is 16.3. The lowest BCUT2D eigenvalue weighted by molar-refractivity contribution is 0.332. The Bertz CT molecular complexity index is 3820. The summed E-state index contributed by atoms with van der Waals surface area (Å²) in [6, 6.07) is 43.1. The van der Waals surface area contributed by atoms with Gasteiger partial charge in [0.1, 0.15) is 17.2 Å². The summed E-state index contributed by atoms with van der Waals surface area (Å²) in [5, 5.41) is 1.10. The lowest BCUT2D eigenvalue weighted by atomic mass is 9.35. The van der Waals surface area contributed by atoms with E-state index < -0.39 is 11.6 Å². The molecule has 78 heavy (non-hydrogen) atoms. The number of nitrogens with zero attached hydrogens (tertiary/aromatic N) is 2. The van der Waals surface area contributed by atoms with E-state index in [2.05, 4.69) is 193 Å². The van der Waals surface area contributed by atoms with Crippen molar-refractivity contribution in [2.75, 3.05) is 9.80 Å². The average molecular weight is 1040 g/mol. The van der Waals surface area contributed by atoms with Crippen molar-refractivity contribution in [3.63, 3.8) is 0 Å². The predicted octanol–water partition coefficient (Wildman–Crippen LogP) is 18.5. The maximum Gasteiger partial charge on any atom is 0.297 e. The van der Waals surface area contributed by atoms with Crippen molar-refractivity contribution in [3.05, 3.63) is 172 Å². The number of anilines is 6. The summed E-state index contributed by atoms with van der Waals surface area (Å²) in [7, 11) is 0. The molecule has 0 unspecified atom stereocenters. The van der Waals surface area contributed by atoms with Gasteiger partial charge in [0.2, 0.25) is 0 Å². The number of hydrogen-bond donors (Lipinski definition) is 0. The number of halogens is 2. The van der Waals surface area contributed by atoms with Gasteiger partial charge in [0.15, 0.2) is 0 Å². The largest absolute Gasteiger partial charge is 0.468 e. The molecule has 0 amide bonds. The van der Waals surface area contributed by atoms with Gasteiger partial charge in [-0.25, -0.2) is 8.78 Å². The van der Waals surface area contributed by atoms with Crippen molar-refractivity contribution < 1.29 is 13.2 Å². The highest BCUT2D eigenvalue weighted by Crippen LogP contribution is 2.56. The van der Waals surface area contributed by atoms with Crippen molar-refractivity contribution in [3.8, 4) is 22.3 Å². The lowest BCUT2D eigenvalue weighted by Crippen LogP contribution is -2.61. The molecule has 0 fully saturated rings. The van der Waals surface area contributed by atoms with E-state index >= 15 is 8.78 Å². The van der Waals surface area contributed by atoms with Crippen molar-refractivity contribution in [1.29, 1.82) is 0 Å². The molecular weight excluding hydrogens is 958 g/mol. The number of rotatable bonds is 4. The molecule has 0 spiro atoms. The highest BCUT2D eigenvalue weighted by atomic mass is 19.1. The molecule has 0 atom stereocenters. The molecule has 0 bridgehead atoms. The van der Waals surface area contributed by atoms with Gasteiger partial charge in [-0.3, -0.25) is 0 Å². The molecule has 7 aromatic carbocycles. The number of furan rings is 1. The van der Waals surface area contributed by atoms with Crippen LogP contribution in [0.2, 0.25) is 0 Å². The van der Waals surface area contributed by atoms with Gasteiger partial charge in [-0.05, 0) is 210 Å². The molecule has 0 radical (unpaired) electrons. The first-order valence-electron chi connectivity index (χ1n) is 29.0. The highest BCUT2D eigenvalue weighted by molar-refractivity contribution is 7.00. The van der Waals surface area contributed by atoms with Crippen LogP contribution in [0.4, 0.5) is 42.9 Å². The summed E-state index contributed by atoms with van der Waals surface area (Å²) in [6.07, 6.45) is 6.58. The maximum absolute atomic E-state index is 16.3. The molecular formula is C72H77BF2N2O. The third-order valence-corrected chi connectivity index (χ3v) is 20.2. The van der Waals surface area contributed by atoms with E-state index in [1.54, 1.807) is 0 Å². The van der Waals surface area contributed by atoms with E-state index in [4.69, 9.17) is 4.42 Å². The molecule has 3 nitrogen and oxygen atoms in total. The summed E-state index contributed by atoms with van der Waals surface area (Å²) < 4.78 is 40.3. The van der Waals surface area contributed by atoms with Gasteiger partial charge in [0, 0.05) is 33.8 Å². The standard InChI is InChI=1S/C72H77BF2N2O/c1-66(2,3)43-23-25-44(26-24-43)77-60-36-42(46-19-16-17-20-47(46)62-56(74)21-18-22-57(62)75)35-59-63(60)73(65-64(77)48-38-51-54(41-61(48)78-65)72(14,15)34-31-69(51,8)9)55-39-52-53(71(12,13)33-32-70(52,10)11)40-58(55)76(59)45-27-28-49-50(37-45)68(6,7)30-29-67(49,4)5/h16-28,35-41H,29-34H2,1-15H3. The smallest absolute Gasteiger partial charge is 0.297 e. The third-order valence-electron chi connectivity index (χ3n) is 20.2. The Morgan fingerprint density at radius 3 is 1.53 bits per heavy atom. The van der Waals surface area contributed by atoms with Gasteiger partial charge in [-0.15, -0.1) is 0 Å². The zero-order chi connectivity index (χ0) is 55.2. The van der Waals surface area contributed by atoms with Crippen molar-refractivity contribution >= 4 is 68.4 Å². The topological polar surface area (TPSA) is 19.6 Å². The van der Waals surface area contributed by atoms with E-state index in [1.165, 1.54) is 62.6 Å². The first kappa shape index (κ1) is 51.1. The van der Waals surface area contributed by atoms with E-state index in [1.807, 2.05) is 24.3 Å². The zero-order valence-corrected chi connectivity index (χ0v) is 48.9. The Balaban J connectivity index is 1.21. The Morgan fingerprint density at radius 1 is 0.462 bits per heavy atom. The van der Waals surface area contributed by atoms with E-state index in [0.29, 0.717) is 5.56 Å². The van der Waals surface area contributed by atoms with Crippen molar-refractivity contribution in [1.82, 2.24) is 0 Å². The summed E-state index contributed by atoms with van der Waals surface area (Å²) in [4.78, 5) is 5.05. The molecule has 398 valence electrons. The number of hydrogen-bond acceptors (Lipinski definition) is 3. The van der Waals surface area contributed by atoms with Crippen LogP contribution in [-0.4, -0.2) is 6.71 Å². The number of fused-ring (bicyclic) bond motifs is 9. The lowest BCUT2D eigenvalue weighted by Gasteiger charge is -2.47. The molecule has 5 aliphatic rings. The van der Waals surface area contributed by atoms with Gasteiger partial charge in [-0.1, -0.05) is 158 Å². The van der Waals surface area contributed by atoms with Crippen LogP contribution in [0.1, 0.15) is 181 Å². The van der Waals surface area contributed by atoms with Gasteiger partial charge in [-0.2, -0.15) is 0 Å². The van der Waals surface area contributed by atoms with Gasteiger partial charge >= 0.3 is 0 Å². The molecule has 3 aliphatic carbocycles. The fraction of sp³-hybridized carbons (Fsp3) is 0.389. The Kier molecular flexibility index (Phi) is 10.9. The molecule has 6 heteroatoms. The molecule has 13 rings (SSSR count). The van der Waals surface area contributed by atoms with Gasteiger partial charge in [0.05, 0.1) is 16.9 Å². The second-order valence-electron chi connectivity index (χ2n) is 29.2. The Morgan fingerprint density at radius 2 is 0.949 bits per heavy atom. The highest BCUT2D eigenvalue weighted by Gasteiger charge is 2.50. The van der Waals surface area contributed by atoms with Gasteiger partial charge < -0.3 is 14.2 Å². The SMILES string of the molecule is CC(C)(C)c1ccc(N2c3cc(-c4ccccc4-c4c(F)cccc4F)cc4c3B(c3cc5c(cc3N4c3ccc4c(c3)C(C)(C)CCC4(C)C)C(C)(C)CCC5(C)C)c3oc4cc5c(cc4c32)C(C)(C)CCC5(C)C)cc1. The minimum Gasteiger partial charge on any atom is -0.468 e. The van der Waals surface area contributed by atoms with E-state index in [9.17, 15) is 0 Å². The molecule has 2 aliphatic heterocycles. The van der Waals surface area contributed by atoms with Gasteiger partial charge in [0.25, 0.3) is 6.71 Å². The van der Waals surface area contributed by atoms with Crippen molar-refractivity contribution in [2.45, 2.75) is 180 Å². The first-order valence-corrected chi connectivity index (χ1v) is 29.0. The van der Waals surface area contributed by atoms with E-state index in [-0.39, 0.29) is 50.2 Å². The van der Waals surface area contributed by atoms with Crippen LogP contribution in [0.15, 0.2) is 126 Å². The third kappa shape index (κ3) is 7.53. The predicted molar refractivity (Wildman–Crippen MR) is 326 cm³/mol. The summed E-state index contributed by atoms with van der Waals surface area (Å²) in [6.45, 7) is 35.5. The molecule has 0 saturated heterocycles. The second-order valence-corrected chi connectivity index (χ2v) is 29.2. The zero-order valence-electron chi connectivity index (χ0n) is 48.9. The first-order chi connectivity index (χ1) is 36.6. The van der Waals surface area contributed by atoms with Crippen LogP contribution in [0.3, 0.4) is 0 Å². The minimum atomic E-state index is -0.586. The number of benzene rings is 7. The Hall–Kier alpha value is -6.40. The van der Waals surface area contributed by atoms with Crippen LogP contribution in [0.25, 0.3) is 33.2 Å². The van der Waals surface area contributed by atoms with Crippen molar-refractivity contribution in [2.24, 2.45) is 0 Å². The quantitative estimate of drug-likeness (QED) is 0.164. The fourth-order valence-corrected chi connectivity index (χ4v) is 14.8. The monoisotopic (exact) mass is 1030 g/mol. The molecule has 0 N–H and O–H groups in total. The van der Waals surface area contributed by atoms with Crippen LogP contribution in [-0.2, 0) is 37.9 Å². The second kappa shape index (κ2) is 16.6.